The number of hydrogen-bond donors (Lipinski definition) is 1. The lowest BCUT2D eigenvalue weighted by molar-refractivity contribution is -0.137. The van der Waals surface area contributed by atoms with Crippen LogP contribution in [-0.2, 0) is 21.3 Å². The van der Waals surface area contributed by atoms with Crippen LogP contribution in [0.2, 0.25) is 0 Å². The fraction of sp³-hybridized carbons (Fsp3) is 0.136. The van der Waals surface area contributed by atoms with Crippen LogP contribution in [0.4, 0.5) is 0 Å². The summed E-state index contributed by atoms with van der Waals surface area (Å²) in [6, 6.07) is 27.7. The molecule has 0 heterocycles. The highest BCUT2D eigenvalue weighted by Gasteiger charge is 2.45. The molecule has 0 aromatic heterocycles. The van der Waals surface area contributed by atoms with Crippen molar-refractivity contribution in [3.05, 3.63) is 108 Å². The molecule has 0 spiro atoms. The van der Waals surface area contributed by atoms with Gasteiger partial charge in [-0.3, -0.25) is 9.00 Å². The Balaban J connectivity index is 2.42. The molecule has 3 aromatic carbocycles. The van der Waals surface area contributed by atoms with Crippen molar-refractivity contribution in [3.8, 4) is 0 Å². The summed E-state index contributed by atoms with van der Waals surface area (Å²) in [7, 11) is 0. The van der Waals surface area contributed by atoms with E-state index in [1.54, 1.807) is 0 Å². The number of benzene rings is 3. The molecular formula is C22H19O4S-. The van der Waals surface area contributed by atoms with E-state index in [4.69, 9.17) is 0 Å². The lowest BCUT2D eigenvalue weighted by Gasteiger charge is -2.43. The Morgan fingerprint density at radius 3 is 1.41 bits per heavy atom. The molecule has 2 unspecified atom stereocenters. The van der Waals surface area contributed by atoms with Gasteiger partial charge in [-0.2, -0.15) is 0 Å². The second kappa shape index (κ2) is 8.29. The predicted molar refractivity (Wildman–Crippen MR) is 104 cm³/mol. The Hall–Kier alpha value is -2.76. The highest BCUT2D eigenvalue weighted by Crippen LogP contribution is 2.45. The van der Waals surface area contributed by atoms with Gasteiger partial charge in [0, 0.05) is 5.25 Å². The Labute approximate surface area is 160 Å². The molecule has 0 saturated heterocycles. The topological polar surface area (TPSA) is 77.4 Å². The maximum atomic E-state index is 12.3. The molecule has 0 amide bonds. The normalized spacial score (nSPS) is 13.7. The van der Waals surface area contributed by atoms with Crippen LogP contribution in [0, 0.1) is 0 Å². The highest BCUT2D eigenvalue weighted by molar-refractivity contribution is 7.80. The van der Waals surface area contributed by atoms with E-state index in [1.165, 1.54) is 0 Å². The third-order valence-corrected chi connectivity index (χ3v) is 5.75. The van der Waals surface area contributed by atoms with E-state index in [9.17, 15) is 18.7 Å². The lowest BCUT2D eigenvalue weighted by atomic mass is 9.66. The second-order valence-corrected chi connectivity index (χ2v) is 7.34. The molecule has 27 heavy (non-hydrogen) atoms. The molecule has 138 valence electrons. The summed E-state index contributed by atoms with van der Waals surface area (Å²) in [5, 5.41) is 8.28. The summed E-state index contributed by atoms with van der Waals surface area (Å²) in [4.78, 5) is 11.6. The van der Waals surface area contributed by atoms with Crippen molar-refractivity contribution >= 4 is 17.0 Å². The second-order valence-electron chi connectivity index (χ2n) is 6.25. The van der Waals surface area contributed by atoms with Gasteiger partial charge in [-0.1, -0.05) is 91.0 Å². The zero-order valence-electron chi connectivity index (χ0n) is 14.5. The zero-order chi connectivity index (χ0) is 19.3. The molecule has 5 heteroatoms. The zero-order valence-corrected chi connectivity index (χ0v) is 15.3. The van der Waals surface area contributed by atoms with Crippen molar-refractivity contribution in [2.75, 3.05) is 0 Å². The molecule has 0 fully saturated rings. The van der Waals surface area contributed by atoms with Crippen LogP contribution in [0.15, 0.2) is 91.0 Å². The smallest absolute Gasteiger partial charge is 0.304 e. The minimum Gasteiger partial charge on any atom is -0.772 e. The number of carboxylic acids is 1. The van der Waals surface area contributed by atoms with Gasteiger partial charge < -0.3 is 9.66 Å². The number of carbonyl (C=O) groups is 1. The average Bonchev–Trinajstić information content (AvgIpc) is 2.70. The number of aliphatic carboxylic acids is 1. The van der Waals surface area contributed by atoms with E-state index >= 15 is 0 Å². The van der Waals surface area contributed by atoms with Crippen molar-refractivity contribution in [2.45, 2.75) is 17.1 Å². The third-order valence-electron chi connectivity index (χ3n) is 4.76. The Kier molecular flexibility index (Phi) is 5.84. The van der Waals surface area contributed by atoms with Crippen LogP contribution in [-0.4, -0.2) is 25.1 Å². The Morgan fingerprint density at radius 2 is 1.15 bits per heavy atom. The van der Waals surface area contributed by atoms with Crippen molar-refractivity contribution in [3.63, 3.8) is 0 Å². The van der Waals surface area contributed by atoms with Crippen LogP contribution in [0.25, 0.3) is 0 Å². The first-order valence-electron chi connectivity index (χ1n) is 8.53. The van der Waals surface area contributed by atoms with Gasteiger partial charge in [0.15, 0.2) is 0 Å². The minimum atomic E-state index is -2.63. The third kappa shape index (κ3) is 3.70. The summed E-state index contributed by atoms with van der Waals surface area (Å²) >= 11 is -2.63. The van der Waals surface area contributed by atoms with E-state index in [2.05, 4.69) is 0 Å². The summed E-state index contributed by atoms with van der Waals surface area (Å²) in [6.45, 7) is 0. The van der Waals surface area contributed by atoms with E-state index in [0.717, 1.165) is 16.7 Å². The Bertz CT molecular complexity index is 814. The molecule has 2 atom stereocenters. The molecule has 1 N–H and O–H groups in total. The molecule has 3 aromatic rings. The lowest BCUT2D eigenvalue weighted by Crippen LogP contribution is -2.45. The average molecular weight is 379 g/mol. The van der Waals surface area contributed by atoms with Crippen LogP contribution in [0.5, 0.6) is 0 Å². The van der Waals surface area contributed by atoms with E-state index in [0.29, 0.717) is 0 Å². The molecule has 4 nitrogen and oxygen atoms in total. The van der Waals surface area contributed by atoms with Crippen LogP contribution >= 0.6 is 0 Å². The minimum absolute atomic E-state index is 0.505. The van der Waals surface area contributed by atoms with E-state index in [-0.39, 0.29) is 0 Å². The van der Waals surface area contributed by atoms with Gasteiger partial charge in [-0.05, 0) is 27.8 Å². The number of hydrogen-bond acceptors (Lipinski definition) is 3. The first-order valence-corrected chi connectivity index (χ1v) is 9.67. The molecule has 0 bridgehead atoms. The molecule has 3 rings (SSSR count). The first-order chi connectivity index (χ1) is 13.1. The maximum Gasteiger partial charge on any atom is 0.304 e. The molecule has 0 saturated carbocycles. The van der Waals surface area contributed by atoms with Crippen LogP contribution < -0.4 is 0 Å². The van der Waals surface area contributed by atoms with Gasteiger partial charge in [-0.25, -0.2) is 0 Å². The highest BCUT2D eigenvalue weighted by atomic mass is 32.2. The SMILES string of the molecule is O=C(O)CC(S(=O)[O-])C(c1ccccc1)(c1ccccc1)c1ccccc1. The van der Waals surface area contributed by atoms with Crippen molar-refractivity contribution in [1.29, 1.82) is 0 Å². The molecular weight excluding hydrogens is 360 g/mol. The molecule has 0 radical (unpaired) electrons. The number of rotatable bonds is 7. The Morgan fingerprint density at radius 1 is 0.815 bits per heavy atom. The fourth-order valence-corrected chi connectivity index (χ4v) is 4.66. The number of carboxylic acid groups (broad SMARTS) is 1. The van der Waals surface area contributed by atoms with Crippen LogP contribution in [0.1, 0.15) is 23.1 Å². The van der Waals surface area contributed by atoms with Gasteiger partial charge in [0.1, 0.15) is 0 Å². The predicted octanol–water partition coefficient (Wildman–Crippen LogP) is 3.74. The molecule has 0 aliphatic rings. The summed E-state index contributed by atoms with van der Waals surface area (Å²) in [5.74, 6) is -1.16. The van der Waals surface area contributed by atoms with Gasteiger partial charge in [0.2, 0.25) is 0 Å². The van der Waals surface area contributed by atoms with Crippen molar-refractivity contribution in [2.24, 2.45) is 0 Å². The monoisotopic (exact) mass is 379 g/mol. The molecule has 0 aliphatic carbocycles. The summed E-state index contributed by atoms with van der Waals surface area (Å²) < 4.78 is 24.7. The molecule has 0 aliphatic heterocycles. The summed E-state index contributed by atoms with van der Waals surface area (Å²) in [5.41, 5.74) is 1.06. The van der Waals surface area contributed by atoms with E-state index < -0.39 is 34.1 Å². The fourth-order valence-electron chi connectivity index (χ4n) is 3.68. The summed E-state index contributed by atoms with van der Waals surface area (Å²) in [6.07, 6.45) is -0.505. The quantitative estimate of drug-likeness (QED) is 0.501. The standard InChI is InChI=1S/C22H20O4S/c23-21(24)16-20(27(25)26)22(17-10-4-1-5-11-17,18-12-6-2-7-13-18)19-14-8-3-9-15-19/h1-15,20H,16H2,(H,23,24)(H,25,26)/p-1. The van der Waals surface area contributed by atoms with Gasteiger partial charge in [-0.15, -0.1) is 0 Å². The van der Waals surface area contributed by atoms with Gasteiger partial charge in [0.05, 0.1) is 11.8 Å². The largest absolute Gasteiger partial charge is 0.772 e. The van der Waals surface area contributed by atoms with E-state index in [1.807, 2.05) is 91.0 Å². The van der Waals surface area contributed by atoms with Crippen molar-refractivity contribution in [1.82, 2.24) is 0 Å². The first kappa shape index (κ1) is 19.0. The van der Waals surface area contributed by atoms with Gasteiger partial charge in [0.25, 0.3) is 0 Å². The van der Waals surface area contributed by atoms with Gasteiger partial charge >= 0.3 is 5.97 Å². The van der Waals surface area contributed by atoms with Crippen molar-refractivity contribution < 1.29 is 18.7 Å². The maximum absolute atomic E-state index is 12.3. The van der Waals surface area contributed by atoms with Crippen LogP contribution in [0.3, 0.4) is 0 Å².